The zero-order valence-electron chi connectivity index (χ0n) is 14.2. The van der Waals surface area contributed by atoms with Crippen molar-refractivity contribution in [1.29, 1.82) is 0 Å². The van der Waals surface area contributed by atoms with Gasteiger partial charge in [-0.2, -0.15) is 0 Å². The molecule has 0 bridgehead atoms. The van der Waals surface area contributed by atoms with Crippen LogP contribution >= 0.6 is 11.6 Å². The summed E-state index contributed by atoms with van der Waals surface area (Å²) in [6.45, 7) is 3.39. The van der Waals surface area contributed by atoms with E-state index in [9.17, 15) is 13.6 Å². The van der Waals surface area contributed by atoms with Crippen molar-refractivity contribution in [2.24, 2.45) is 0 Å². The summed E-state index contributed by atoms with van der Waals surface area (Å²) in [4.78, 5) is 16.3. The molecule has 3 rings (SSSR count). The number of piperazine rings is 1. The van der Waals surface area contributed by atoms with Crippen molar-refractivity contribution in [1.82, 2.24) is 9.80 Å². The molecule has 138 valence electrons. The first-order valence-electron chi connectivity index (χ1n) is 8.45. The van der Waals surface area contributed by atoms with Gasteiger partial charge in [0.15, 0.2) is 11.6 Å². The fraction of sp³-hybridized carbons (Fsp3) is 0.316. The van der Waals surface area contributed by atoms with Crippen molar-refractivity contribution in [2.45, 2.75) is 6.54 Å². The van der Waals surface area contributed by atoms with Crippen LogP contribution in [0.25, 0.3) is 0 Å². The van der Waals surface area contributed by atoms with Gasteiger partial charge in [0.25, 0.3) is 0 Å². The number of amides is 1. The molecule has 2 aromatic carbocycles. The maximum absolute atomic E-state index is 13.8. The third kappa shape index (κ3) is 4.78. The molecule has 1 aliphatic heterocycles. The van der Waals surface area contributed by atoms with E-state index in [1.807, 2.05) is 11.0 Å². The molecule has 26 heavy (non-hydrogen) atoms. The monoisotopic (exact) mass is 379 g/mol. The van der Waals surface area contributed by atoms with Gasteiger partial charge >= 0.3 is 0 Å². The summed E-state index contributed by atoms with van der Waals surface area (Å²) in [5, 5.41) is 3.31. The summed E-state index contributed by atoms with van der Waals surface area (Å²) < 4.78 is 27.1. The number of para-hydroxylation sites is 1. The highest BCUT2D eigenvalue weighted by Gasteiger charge is 2.20. The highest BCUT2D eigenvalue weighted by molar-refractivity contribution is 6.33. The Morgan fingerprint density at radius 2 is 1.69 bits per heavy atom. The Hall–Kier alpha value is -2.02. The van der Waals surface area contributed by atoms with Crippen molar-refractivity contribution in [3.8, 4) is 0 Å². The molecule has 0 unspecified atom stereocenters. The van der Waals surface area contributed by atoms with Gasteiger partial charge in [0, 0.05) is 38.3 Å². The lowest BCUT2D eigenvalue weighted by atomic mass is 10.1. The molecule has 1 fully saturated rings. The first-order valence-corrected chi connectivity index (χ1v) is 8.82. The number of benzene rings is 2. The molecule has 1 amide bonds. The van der Waals surface area contributed by atoms with E-state index in [2.05, 4.69) is 10.2 Å². The quantitative estimate of drug-likeness (QED) is 0.865. The SMILES string of the molecule is O=C(CN1CCN(Cc2cccc(F)c2F)CC1)Nc1ccccc1Cl. The zero-order chi connectivity index (χ0) is 18.5. The largest absolute Gasteiger partial charge is 0.324 e. The summed E-state index contributed by atoms with van der Waals surface area (Å²) in [6.07, 6.45) is 0. The Morgan fingerprint density at radius 1 is 1.00 bits per heavy atom. The van der Waals surface area contributed by atoms with E-state index in [1.54, 1.807) is 24.3 Å². The summed E-state index contributed by atoms with van der Waals surface area (Å²) in [6, 6.07) is 11.3. The van der Waals surface area contributed by atoms with Gasteiger partial charge in [-0.25, -0.2) is 8.78 Å². The molecule has 0 spiro atoms. The number of nitrogens with one attached hydrogen (secondary N) is 1. The van der Waals surface area contributed by atoms with Crippen molar-refractivity contribution < 1.29 is 13.6 Å². The Labute approximate surface area is 156 Å². The maximum Gasteiger partial charge on any atom is 0.238 e. The highest BCUT2D eigenvalue weighted by atomic mass is 35.5. The molecule has 0 saturated carbocycles. The average molecular weight is 380 g/mol. The molecule has 2 aromatic rings. The molecular weight excluding hydrogens is 360 g/mol. The number of rotatable bonds is 5. The smallest absolute Gasteiger partial charge is 0.238 e. The van der Waals surface area contributed by atoms with E-state index in [4.69, 9.17) is 11.6 Å². The number of carbonyl (C=O) groups is 1. The predicted octanol–water partition coefficient (Wildman–Crippen LogP) is 3.37. The van der Waals surface area contributed by atoms with Crippen LogP contribution in [-0.2, 0) is 11.3 Å². The van der Waals surface area contributed by atoms with Crippen LogP contribution in [0.3, 0.4) is 0 Å². The Morgan fingerprint density at radius 3 is 2.42 bits per heavy atom. The minimum Gasteiger partial charge on any atom is -0.324 e. The van der Waals surface area contributed by atoms with Crippen molar-refractivity contribution >= 4 is 23.2 Å². The van der Waals surface area contributed by atoms with Gasteiger partial charge in [-0.15, -0.1) is 0 Å². The molecule has 1 N–H and O–H groups in total. The zero-order valence-corrected chi connectivity index (χ0v) is 15.0. The normalized spacial score (nSPS) is 15.8. The van der Waals surface area contributed by atoms with Crippen molar-refractivity contribution in [2.75, 3.05) is 38.0 Å². The van der Waals surface area contributed by atoms with Crippen LogP contribution in [0.1, 0.15) is 5.56 Å². The number of hydrogen-bond acceptors (Lipinski definition) is 3. The Kier molecular flexibility index (Phi) is 6.19. The minimum absolute atomic E-state index is 0.122. The molecule has 0 atom stereocenters. The summed E-state index contributed by atoms with van der Waals surface area (Å²) in [5.74, 6) is -1.73. The molecule has 1 saturated heterocycles. The van der Waals surface area contributed by atoms with E-state index in [-0.39, 0.29) is 12.5 Å². The van der Waals surface area contributed by atoms with Crippen LogP contribution in [0.5, 0.6) is 0 Å². The van der Waals surface area contributed by atoms with E-state index in [1.165, 1.54) is 6.07 Å². The van der Waals surface area contributed by atoms with Crippen molar-refractivity contribution in [3.63, 3.8) is 0 Å². The number of carbonyl (C=O) groups excluding carboxylic acids is 1. The maximum atomic E-state index is 13.8. The van der Waals surface area contributed by atoms with E-state index in [0.29, 0.717) is 49.0 Å². The van der Waals surface area contributed by atoms with Gasteiger partial charge in [-0.3, -0.25) is 14.6 Å². The highest BCUT2D eigenvalue weighted by Crippen LogP contribution is 2.20. The standard InChI is InChI=1S/C19H20ClF2N3O/c20-15-5-1-2-7-17(15)23-18(26)13-25-10-8-24(9-11-25)12-14-4-3-6-16(21)19(14)22/h1-7H,8-13H2,(H,23,26). The van der Waals surface area contributed by atoms with E-state index < -0.39 is 11.6 Å². The molecule has 1 heterocycles. The fourth-order valence-corrected chi connectivity index (χ4v) is 3.16. The third-order valence-electron chi connectivity index (χ3n) is 4.41. The van der Waals surface area contributed by atoms with Gasteiger partial charge in [-0.1, -0.05) is 35.9 Å². The van der Waals surface area contributed by atoms with Crippen LogP contribution in [0.2, 0.25) is 5.02 Å². The molecule has 0 aliphatic carbocycles. The molecule has 1 aliphatic rings. The lowest BCUT2D eigenvalue weighted by molar-refractivity contribution is -0.117. The number of anilines is 1. The lowest BCUT2D eigenvalue weighted by Crippen LogP contribution is -2.48. The molecule has 0 aromatic heterocycles. The fourth-order valence-electron chi connectivity index (χ4n) is 2.97. The van der Waals surface area contributed by atoms with Gasteiger partial charge in [0.1, 0.15) is 0 Å². The third-order valence-corrected chi connectivity index (χ3v) is 4.74. The topological polar surface area (TPSA) is 35.6 Å². The first-order chi connectivity index (χ1) is 12.5. The van der Waals surface area contributed by atoms with E-state index >= 15 is 0 Å². The van der Waals surface area contributed by atoms with Crippen LogP contribution in [0.15, 0.2) is 42.5 Å². The van der Waals surface area contributed by atoms with Crippen LogP contribution in [0.4, 0.5) is 14.5 Å². The summed E-state index contributed by atoms with van der Waals surface area (Å²) in [5.41, 5.74) is 0.953. The number of halogens is 3. The van der Waals surface area contributed by atoms with Crippen LogP contribution < -0.4 is 5.32 Å². The lowest BCUT2D eigenvalue weighted by Gasteiger charge is -2.34. The van der Waals surface area contributed by atoms with Gasteiger partial charge in [0.05, 0.1) is 17.3 Å². The number of hydrogen-bond donors (Lipinski definition) is 1. The second kappa shape index (κ2) is 8.58. The van der Waals surface area contributed by atoms with Crippen molar-refractivity contribution in [3.05, 3.63) is 64.7 Å². The first kappa shape index (κ1) is 18.8. The van der Waals surface area contributed by atoms with Gasteiger partial charge in [0.2, 0.25) is 5.91 Å². The summed E-state index contributed by atoms with van der Waals surface area (Å²) in [7, 11) is 0. The second-order valence-corrected chi connectivity index (χ2v) is 6.70. The Balaban J connectivity index is 1.47. The molecule has 7 heteroatoms. The van der Waals surface area contributed by atoms with E-state index in [0.717, 1.165) is 6.07 Å². The van der Waals surface area contributed by atoms with Crippen LogP contribution in [0, 0.1) is 11.6 Å². The van der Waals surface area contributed by atoms with Gasteiger partial charge in [-0.05, 0) is 18.2 Å². The van der Waals surface area contributed by atoms with Crippen LogP contribution in [-0.4, -0.2) is 48.4 Å². The second-order valence-electron chi connectivity index (χ2n) is 6.29. The number of nitrogens with zero attached hydrogens (tertiary/aromatic N) is 2. The predicted molar refractivity (Wildman–Crippen MR) is 98.2 cm³/mol. The molecule has 4 nitrogen and oxygen atoms in total. The molecule has 0 radical (unpaired) electrons. The Bertz CT molecular complexity index is 779. The minimum atomic E-state index is -0.822. The average Bonchev–Trinajstić information content (AvgIpc) is 2.62. The van der Waals surface area contributed by atoms with Gasteiger partial charge < -0.3 is 5.32 Å². The summed E-state index contributed by atoms with van der Waals surface area (Å²) >= 11 is 6.04. The molecular formula is C19H20ClF2N3O.